The Morgan fingerprint density at radius 1 is 1.00 bits per heavy atom. The fourth-order valence-electron chi connectivity index (χ4n) is 6.60. The maximum Gasteiger partial charge on any atom is 0.433 e. The van der Waals surface area contributed by atoms with Gasteiger partial charge in [0.1, 0.15) is 11.5 Å². The maximum absolute atomic E-state index is 14.6. The number of benzene rings is 1. The molecule has 3 aliphatic rings. The molecule has 0 saturated heterocycles. The molecule has 242 valence electrons. The van der Waals surface area contributed by atoms with E-state index in [2.05, 4.69) is 18.8 Å². The molecule has 0 bridgehead atoms. The summed E-state index contributed by atoms with van der Waals surface area (Å²) in [7, 11) is 0. The Balaban J connectivity index is 1.67. The van der Waals surface area contributed by atoms with E-state index in [1.54, 1.807) is 4.90 Å². The zero-order valence-corrected chi connectivity index (χ0v) is 26.5. The van der Waals surface area contributed by atoms with Crippen LogP contribution >= 0.6 is 0 Å². The third kappa shape index (κ3) is 6.84. The van der Waals surface area contributed by atoms with Crippen molar-refractivity contribution < 1.29 is 26.7 Å². The molecule has 1 aliphatic carbocycles. The van der Waals surface area contributed by atoms with Crippen molar-refractivity contribution in [3.05, 3.63) is 81.8 Å². The maximum atomic E-state index is 14.6. The van der Waals surface area contributed by atoms with Crippen LogP contribution in [0.15, 0.2) is 58.4 Å². The van der Waals surface area contributed by atoms with Gasteiger partial charge in [-0.2, -0.15) is 13.2 Å². The lowest BCUT2D eigenvalue weighted by Crippen LogP contribution is -2.44. The van der Waals surface area contributed by atoms with Crippen molar-refractivity contribution in [2.24, 2.45) is 22.7 Å². The van der Waals surface area contributed by atoms with Gasteiger partial charge in [0.05, 0.1) is 6.04 Å². The van der Waals surface area contributed by atoms with Crippen LogP contribution in [0.25, 0.3) is 5.70 Å². The van der Waals surface area contributed by atoms with Crippen LogP contribution in [-0.2, 0) is 17.5 Å². The summed E-state index contributed by atoms with van der Waals surface area (Å²) in [6.07, 6.45) is 1.43. The Morgan fingerprint density at radius 2 is 1.73 bits per heavy atom. The van der Waals surface area contributed by atoms with E-state index in [1.165, 1.54) is 18.3 Å². The van der Waals surface area contributed by atoms with E-state index in [-0.39, 0.29) is 30.3 Å². The SMILES string of the molecule is CCC(N=C1C(C)CCC2=C(CC(C)C(C)=C(c3ccc(C(F)(F)F)nc3)N2Cc2ccc(F)c(F)c2)C(=O)N1CC)C1CC1. The molecule has 45 heavy (non-hydrogen) atoms. The van der Waals surface area contributed by atoms with Gasteiger partial charge in [0.15, 0.2) is 11.6 Å². The number of pyridine rings is 1. The van der Waals surface area contributed by atoms with Gasteiger partial charge in [-0.25, -0.2) is 8.78 Å². The minimum atomic E-state index is -4.60. The number of amidine groups is 1. The van der Waals surface area contributed by atoms with Gasteiger partial charge < -0.3 is 4.90 Å². The molecule has 2 aromatic rings. The van der Waals surface area contributed by atoms with Gasteiger partial charge in [-0.1, -0.05) is 26.8 Å². The molecule has 3 atom stereocenters. The monoisotopic (exact) mass is 628 g/mol. The lowest BCUT2D eigenvalue weighted by Gasteiger charge is -2.36. The number of hydrogen-bond acceptors (Lipinski definition) is 4. The predicted octanol–water partition coefficient (Wildman–Crippen LogP) is 8.77. The molecule has 5 nitrogen and oxygen atoms in total. The molecule has 3 heterocycles. The second-order valence-electron chi connectivity index (χ2n) is 12.6. The summed E-state index contributed by atoms with van der Waals surface area (Å²) >= 11 is 0. The molecule has 3 unspecified atom stereocenters. The highest BCUT2D eigenvalue weighted by atomic mass is 19.4. The van der Waals surface area contributed by atoms with Gasteiger partial charge in [-0.3, -0.25) is 19.7 Å². The molecule has 0 radical (unpaired) electrons. The largest absolute Gasteiger partial charge is 0.433 e. The van der Waals surface area contributed by atoms with Crippen molar-refractivity contribution in [2.45, 2.75) is 91.9 Å². The zero-order valence-electron chi connectivity index (χ0n) is 26.5. The average molecular weight is 629 g/mol. The fraction of sp³-hybridized carbons (Fsp3) is 0.514. The first-order chi connectivity index (χ1) is 21.3. The van der Waals surface area contributed by atoms with Gasteiger partial charge in [0, 0.05) is 47.7 Å². The summed E-state index contributed by atoms with van der Waals surface area (Å²) in [5.41, 5.74) is 2.75. The van der Waals surface area contributed by atoms with Gasteiger partial charge in [0.2, 0.25) is 0 Å². The van der Waals surface area contributed by atoms with Crippen LogP contribution in [0.2, 0.25) is 0 Å². The van der Waals surface area contributed by atoms with Crippen LogP contribution in [0, 0.1) is 29.4 Å². The van der Waals surface area contributed by atoms with E-state index < -0.39 is 23.5 Å². The molecule has 10 heteroatoms. The van der Waals surface area contributed by atoms with Crippen molar-refractivity contribution in [3.8, 4) is 0 Å². The predicted molar refractivity (Wildman–Crippen MR) is 165 cm³/mol. The molecule has 5 rings (SSSR count). The summed E-state index contributed by atoms with van der Waals surface area (Å²) in [4.78, 5) is 27.2. The highest BCUT2D eigenvalue weighted by Gasteiger charge is 2.38. The van der Waals surface area contributed by atoms with Gasteiger partial charge in [-0.05, 0) is 99.6 Å². The third-order valence-electron chi connectivity index (χ3n) is 9.45. The first kappa shape index (κ1) is 32.8. The normalized spacial score (nSPS) is 23.2. The fourth-order valence-corrected chi connectivity index (χ4v) is 6.60. The molecule has 2 aliphatic heterocycles. The third-order valence-corrected chi connectivity index (χ3v) is 9.45. The first-order valence-corrected chi connectivity index (χ1v) is 15.9. The average Bonchev–Trinajstić information content (AvgIpc) is 3.85. The number of carbonyl (C=O) groups excluding carboxylic acids is 1. The number of hydrogen-bond donors (Lipinski definition) is 0. The number of nitrogens with zero attached hydrogens (tertiary/aromatic N) is 4. The lowest BCUT2D eigenvalue weighted by atomic mass is 9.89. The van der Waals surface area contributed by atoms with Crippen molar-refractivity contribution >= 4 is 17.4 Å². The van der Waals surface area contributed by atoms with E-state index in [0.29, 0.717) is 54.1 Å². The van der Waals surface area contributed by atoms with E-state index in [9.17, 15) is 26.7 Å². The number of halogens is 5. The molecule has 1 saturated carbocycles. The second kappa shape index (κ2) is 13.0. The summed E-state index contributed by atoms with van der Waals surface area (Å²) in [6.45, 7) is 10.6. The Hall–Kier alpha value is -3.56. The Bertz CT molecular complexity index is 1520. The summed E-state index contributed by atoms with van der Waals surface area (Å²) in [5.74, 6) is -0.900. The molecule has 1 amide bonds. The summed E-state index contributed by atoms with van der Waals surface area (Å²) in [5, 5.41) is 0. The minimum Gasteiger partial charge on any atom is -0.340 e. The van der Waals surface area contributed by atoms with E-state index in [1.807, 2.05) is 25.7 Å². The Morgan fingerprint density at radius 3 is 2.31 bits per heavy atom. The number of alkyl halides is 3. The number of allylic oxidation sites excluding steroid dienone is 2. The minimum absolute atomic E-state index is 0.0252. The summed E-state index contributed by atoms with van der Waals surface area (Å²) < 4.78 is 68.6. The number of aliphatic imine (C=N–C) groups is 1. The Kier molecular flexibility index (Phi) is 9.52. The van der Waals surface area contributed by atoms with Gasteiger partial charge in [-0.15, -0.1) is 0 Å². The molecule has 0 spiro atoms. The standard InChI is InChI=1S/C35H41F5N4O/c1-6-29(24-10-11-24)42-33-20(3)8-14-30-26(34(45)43(33)7-2)16-21(4)22(5)32(25-12-15-31(41-18-25)35(38,39)40)44(30)19-23-9-13-27(36)28(37)17-23/h9,12-13,15,17-18,20-21,24,29H,6-8,10-11,14,16,19H2,1-5H3. The molecule has 0 N–H and O–H groups in total. The molecule has 1 fully saturated rings. The van der Waals surface area contributed by atoms with Gasteiger partial charge >= 0.3 is 6.18 Å². The highest BCUT2D eigenvalue weighted by molar-refractivity contribution is 6.07. The van der Waals surface area contributed by atoms with Crippen molar-refractivity contribution in [3.63, 3.8) is 0 Å². The van der Waals surface area contributed by atoms with Crippen molar-refractivity contribution in [1.82, 2.24) is 14.8 Å². The van der Waals surface area contributed by atoms with Crippen molar-refractivity contribution in [1.29, 1.82) is 0 Å². The smallest absolute Gasteiger partial charge is 0.340 e. The quantitative estimate of drug-likeness (QED) is 0.288. The molecule has 1 aromatic carbocycles. The molecular formula is C35H41F5N4O. The van der Waals surface area contributed by atoms with E-state index in [0.717, 1.165) is 54.6 Å². The zero-order chi connectivity index (χ0) is 32.6. The first-order valence-electron chi connectivity index (χ1n) is 15.9. The molecular weight excluding hydrogens is 587 g/mol. The highest BCUT2D eigenvalue weighted by Crippen LogP contribution is 2.43. The van der Waals surface area contributed by atoms with Crippen LogP contribution in [0.3, 0.4) is 0 Å². The van der Waals surface area contributed by atoms with Crippen LogP contribution < -0.4 is 0 Å². The molecule has 1 aromatic heterocycles. The number of carbonyl (C=O) groups is 1. The number of likely N-dealkylation sites (N-methyl/N-ethyl adjacent to an activating group) is 1. The van der Waals surface area contributed by atoms with Gasteiger partial charge in [0.25, 0.3) is 5.91 Å². The summed E-state index contributed by atoms with van der Waals surface area (Å²) in [6, 6.07) is 6.20. The van der Waals surface area contributed by atoms with Crippen LogP contribution in [0.5, 0.6) is 0 Å². The second-order valence-corrected chi connectivity index (χ2v) is 12.6. The topological polar surface area (TPSA) is 48.8 Å². The van der Waals surface area contributed by atoms with Crippen molar-refractivity contribution in [2.75, 3.05) is 6.54 Å². The number of aromatic nitrogens is 1. The van der Waals surface area contributed by atoms with Crippen LogP contribution in [0.1, 0.15) is 90.0 Å². The lowest BCUT2D eigenvalue weighted by molar-refractivity contribution is -0.141. The number of amides is 1. The van der Waals surface area contributed by atoms with Crippen LogP contribution in [0.4, 0.5) is 22.0 Å². The number of rotatable bonds is 7. The van der Waals surface area contributed by atoms with E-state index in [4.69, 9.17) is 4.99 Å². The van der Waals surface area contributed by atoms with Crippen LogP contribution in [-0.4, -0.2) is 39.1 Å². The Labute approximate surface area is 261 Å². The van der Waals surface area contributed by atoms with E-state index >= 15 is 0 Å².